The zero-order valence-corrected chi connectivity index (χ0v) is 16.6. The topological polar surface area (TPSA) is 60.3 Å². The molecular formula is C21H20ClFN4O2. The standard InChI is InChI=1S/C21H20ClFN4O2/c1-14-24-25-20(27(14)13-15-4-6-16(22)7-5-15)19-3-2-12-26(19)21(28)29-18-10-8-17(23)9-11-18/h4-11,19H,2-3,12-13H2,1H3/t19-/m1/s1. The highest BCUT2D eigenvalue weighted by Crippen LogP contribution is 2.32. The summed E-state index contributed by atoms with van der Waals surface area (Å²) in [6, 6.07) is 12.8. The zero-order valence-electron chi connectivity index (χ0n) is 15.9. The molecule has 1 saturated heterocycles. The fraction of sp³-hybridized carbons (Fsp3) is 0.286. The van der Waals surface area contributed by atoms with Crippen LogP contribution in [0.1, 0.15) is 36.1 Å². The van der Waals surface area contributed by atoms with Crippen LogP contribution in [0.5, 0.6) is 5.75 Å². The van der Waals surface area contributed by atoms with Gasteiger partial charge in [0, 0.05) is 11.6 Å². The van der Waals surface area contributed by atoms with Crippen LogP contribution in [0, 0.1) is 12.7 Å². The van der Waals surface area contributed by atoms with Crippen LogP contribution in [0.2, 0.25) is 5.02 Å². The van der Waals surface area contributed by atoms with E-state index in [4.69, 9.17) is 16.3 Å². The number of amides is 1. The lowest BCUT2D eigenvalue weighted by molar-refractivity contribution is 0.144. The van der Waals surface area contributed by atoms with Gasteiger partial charge in [-0.05, 0) is 61.7 Å². The van der Waals surface area contributed by atoms with Crippen LogP contribution < -0.4 is 4.74 Å². The molecule has 2 heterocycles. The van der Waals surface area contributed by atoms with Crippen LogP contribution in [0.4, 0.5) is 9.18 Å². The van der Waals surface area contributed by atoms with Crippen LogP contribution in [-0.2, 0) is 6.54 Å². The number of benzene rings is 2. The molecule has 2 aromatic carbocycles. The van der Waals surface area contributed by atoms with Crippen molar-refractivity contribution in [1.82, 2.24) is 19.7 Å². The normalized spacial score (nSPS) is 16.2. The maximum Gasteiger partial charge on any atom is 0.415 e. The lowest BCUT2D eigenvalue weighted by Crippen LogP contribution is -2.34. The average Bonchev–Trinajstić information content (AvgIpc) is 3.33. The Kier molecular flexibility index (Phi) is 5.49. The highest BCUT2D eigenvalue weighted by Gasteiger charge is 2.35. The number of aromatic nitrogens is 3. The number of rotatable bonds is 4. The minimum Gasteiger partial charge on any atom is -0.410 e. The van der Waals surface area contributed by atoms with E-state index in [2.05, 4.69) is 10.2 Å². The van der Waals surface area contributed by atoms with E-state index in [9.17, 15) is 9.18 Å². The van der Waals surface area contributed by atoms with Crippen molar-refractivity contribution in [3.63, 3.8) is 0 Å². The van der Waals surface area contributed by atoms with E-state index in [1.807, 2.05) is 35.8 Å². The van der Waals surface area contributed by atoms with Crippen molar-refractivity contribution in [2.24, 2.45) is 0 Å². The summed E-state index contributed by atoms with van der Waals surface area (Å²) in [4.78, 5) is 14.4. The first-order chi connectivity index (χ1) is 14.0. The lowest BCUT2D eigenvalue weighted by Gasteiger charge is -2.24. The van der Waals surface area contributed by atoms with Gasteiger partial charge in [0.15, 0.2) is 5.82 Å². The summed E-state index contributed by atoms with van der Waals surface area (Å²) in [5, 5.41) is 9.26. The van der Waals surface area contributed by atoms with Crippen molar-refractivity contribution >= 4 is 17.7 Å². The molecule has 1 amide bonds. The van der Waals surface area contributed by atoms with Gasteiger partial charge in [0.1, 0.15) is 17.4 Å². The van der Waals surface area contributed by atoms with Gasteiger partial charge in [-0.3, -0.25) is 4.90 Å². The molecule has 1 fully saturated rings. The first-order valence-corrected chi connectivity index (χ1v) is 9.77. The highest BCUT2D eigenvalue weighted by molar-refractivity contribution is 6.30. The molecule has 0 bridgehead atoms. The van der Waals surface area contributed by atoms with Crippen LogP contribution in [0.15, 0.2) is 48.5 Å². The highest BCUT2D eigenvalue weighted by atomic mass is 35.5. The van der Waals surface area contributed by atoms with Gasteiger partial charge >= 0.3 is 6.09 Å². The van der Waals surface area contributed by atoms with Crippen LogP contribution in [0.3, 0.4) is 0 Å². The van der Waals surface area contributed by atoms with E-state index in [0.29, 0.717) is 23.9 Å². The van der Waals surface area contributed by atoms with Gasteiger partial charge in [0.25, 0.3) is 0 Å². The Morgan fingerprint density at radius 2 is 1.90 bits per heavy atom. The largest absolute Gasteiger partial charge is 0.415 e. The Morgan fingerprint density at radius 3 is 2.62 bits per heavy atom. The van der Waals surface area contributed by atoms with Crippen molar-refractivity contribution in [2.45, 2.75) is 32.4 Å². The minimum absolute atomic E-state index is 0.226. The summed E-state index contributed by atoms with van der Waals surface area (Å²) in [6.07, 6.45) is 1.14. The van der Waals surface area contributed by atoms with Gasteiger partial charge in [0.05, 0.1) is 12.6 Å². The third kappa shape index (κ3) is 4.24. The van der Waals surface area contributed by atoms with Crippen molar-refractivity contribution in [3.8, 4) is 5.75 Å². The molecule has 0 unspecified atom stereocenters. The minimum atomic E-state index is -0.474. The third-order valence-electron chi connectivity index (χ3n) is 5.02. The number of hydrogen-bond acceptors (Lipinski definition) is 4. The van der Waals surface area contributed by atoms with Crippen molar-refractivity contribution in [2.75, 3.05) is 6.54 Å². The van der Waals surface area contributed by atoms with Crippen molar-refractivity contribution < 1.29 is 13.9 Å². The molecule has 6 nitrogen and oxygen atoms in total. The molecule has 0 aliphatic carbocycles. The smallest absolute Gasteiger partial charge is 0.410 e. The molecular weight excluding hydrogens is 395 g/mol. The number of nitrogens with zero attached hydrogens (tertiary/aromatic N) is 4. The molecule has 29 heavy (non-hydrogen) atoms. The fourth-order valence-electron chi connectivity index (χ4n) is 3.53. The number of likely N-dealkylation sites (tertiary alicyclic amines) is 1. The lowest BCUT2D eigenvalue weighted by atomic mass is 10.2. The van der Waals surface area contributed by atoms with E-state index in [1.54, 1.807) is 4.90 Å². The number of halogens is 2. The molecule has 0 N–H and O–H groups in total. The second kappa shape index (κ2) is 8.21. The van der Waals surface area contributed by atoms with Crippen LogP contribution in [0.25, 0.3) is 0 Å². The molecule has 0 saturated carbocycles. The molecule has 1 aliphatic rings. The quantitative estimate of drug-likeness (QED) is 0.617. The Labute approximate surface area is 172 Å². The predicted octanol–water partition coefficient (Wildman–Crippen LogP) is 4.76. The Balaban J connectivity index is 1.55. The van der Waals surface area contributed by atoms with Gasteiger partial charge in [-0.2, -0.15) is 0 Å². The number of hydrogen-bond donors (Lipinski definition) is 0. The zero-order chi connectivity index (χ0) is 20.4. The van der Waals surface area contributed by atoms with Gasteiger partial charge in [0.2, 0.25) is 0 Å². The third-order valence-corrected chi connectivity index (χ3v) is 5.27. The first-order valence-electron chi connectivity index (χ1n) is 9.39. The van der Waals surface area contributed by atoms with Crippen molar-refractivity contribution in [1.29, 1.82) is 0 Å². The molecule has 1 aromatic heterocycles. The summed E-state index contributed by atoms with van der Waals surface area (Å²) >= 11 is 5.98. The van der Waals surface area contributed by atoms with Crippen molar-refractivity contribution in [3.05, 3.63) is 76.6 Å². The van der Waals surface area contributed by atoms with Gasteiger partial charge < -0.3 is 9.30 Å². The van der Waals surface area contributed by atoms with E-state index in [1.165, 1.54) is 24.3 Å². The molecule has 1 atom stereocenters. The van der Waals surface area contributed by atoms with Gasteiger partial charge in [-0.15, -0.1) is 10.2 Å². The van der Waals surface area contributed by atoms with Crippen LogP contribution in [-0.4, -0.2) is 32.3 Å². The molecule has 0 radical (unpaired) electrons. The molecule has 150 valence electrons. The number of aryl methyl sites for hydroxylation is 1. The molecule has 1 aliphatic heterocycles. The van der Waals surface area contributed by atoms with Gasteiger partial charge in [-0.1, -0.05) is 23.7 Å². The molecule has 3 aromatic rings. The summed E-state index contributed by atoms with van der Waals surface area (Å²) in [5.74, 6) is 1.43. The summed E-state index contributed by atoms with van der Waals surface area (Å²) in [5.41, 5.74) is 1.07. The maximum absolute atomic E-state index is 13.1. The predicted molar refractivity (Wildman–Crippen MR) is 106 cm³/mol. The summed E-state index contributed by atoms with van der Waals surface area (Å²) < 4.78 is 20.5. The second-order valence-electron chi connectivity index (χ2n) is 6.99. The Morgan fingerprint density at radius 1 is 1.17 bits per heavy atom. The number of ether oxygens (including phenoxy) is 1. The summed E-state index contributed by atoms with van der Waals surface area (Å²) in [6.45, 7) is 3.04. The fourth-order valence-corrected chi connectivity index (χ4v) is 3.65. The SMILES string of the molecule is Cc1nnc([C@H]2CCCN2C(=O)Oc2ccc(F)cc2)n1Cc1ccc(Cl)cc1. The summed E-state index contributed by atoms with van der Waals surface area (Å²) in [7, 11) is 0. The van der Waals surface area contributed by atoms with Gasteiger partial charge in [-0.25, -0.2) is 9.18 Å². The van der Waals surface area contributed by atoms with Crippen LogP contribution >= 0.6 is 11.6 Å². The van der Waals surface area contributed by atoms with E-state index >= 15 is 0 Å². The second-order valence-corrected chi connectivity index (χ2v) is 7.43. The Bertz CT molecular complexity index is 1000. The average molecular weight is 415 g/mol. The maximum atomic E-state index is 13.1. The Hall–Kier alpha value is -2.93. The molecule has 0 spiro atoms. The van der Waals surface area contributed by atoms with E-state index < -0.39 is 6.09 Å². The number of carbonyl (C=O) groups is 1. The van der Waals surface area contributed by atoms with E-state index in [-0.39, 0.29) is 11.9 Å². The molecule has 4 rings (SSSR count). The number of carbonyl (C=O) groups excluding carboxylic acids is 1. The van der Waals surface area contributed by atoms with E-state index in [0.717, 1.165) is 30.1 Å². The first kappa shape index (κ1) is 19.4. The molecule has 8 heteroatoms. The monoisotopic (exact) mass is 414 g/mol.